The van der Waals surface area contributed by atoms with Crippen LogP contribution in [-0.4, -0.2) is 32.5 Å². The first-order valence-electron chi connectivity index (χ1n) is 13.7. The van der Waals surface area contributed by atoms with Crippen molar-refractivity contribution < 1.29 is 9.47 Å². The van der Waals surface area contributed by atoms with Crippen LogP contribution in [0.25, 0.3) is 0 Å². The number of nitrogens with zero attached hydrogens (tertiary/aromatic N) is 2. The van der Waals surface area contributed by atoms with E-state index >= 15 is 0 Å². The SMILES string of the molecule is CC.CC.CCN1/C(=C\C=N/COC(=N)c2ccccc2)C(C)(Cc2c(Cl)cccc2Cl)c2cc(OC)ccc21. The summed E-state index contributed by atoms with van der Waals surface area (Å²) in [6, 6.07) is 21.1. The van der Waals surface area contributed by atoms with E-state index in [0.29, 0.717) is 22.0 Å². The molecule has 7 heteroatoms. The summed E-state index contributed by atoms with van der Waals surface area (Å²) in [5.41, 5.74) is 4.52. The van der Waals surface area contributed by atoms with Crippen molar-refractivity contribution in [3.05, 3.63) is 105 Å². The maximum Gasteiger partial charge on any atom is 0.215 e. The zero-order valence-electron chi connectivity index (χ0n) is 24.6. The summed E-state index contributed by atoms with van der Waals surface area (Å²) in [6.45, 7) is 13.1. The largest absolute Gasteiger partial charge is 0.497 e. The number of fused-ring (bicyclic) bond motifs is 1. The van der Waals surface area contributed by atoms with Gasteiger partial charge in [0.1, 0.15) is 5.75 Å². The third kappa shape index (κ3) is 7.47. The number of rotatable bonds is 8. The smallest absolute Gasteiger partial charge is 0.215 e. The molecule has 1 aliphatic heterocycles. The van der Waals surface area contributed by atoms with Crippen LogP contribution >= 0.6 is 23.2 Å². The van der Waals surface area contributed by atoms with E-state index in [1.54, 1.807) is 13.3 Å². The van der Waals surface area contributed by atoms with E-state index < -0.39 is 5.41 Å². The van der Waals surface area contributed by atoms with Crippen LogP contribution < -0.4 is 9.64 Å². The number of nitrogens with one attached hydrogen (secondary N) is 1. The van der Waals surface area contributed by atoms with Gasteiger partial charge in [-0.05, 0) is 79.9 Å². The third-order valence-corrected chi connectivity index (χ3v) is 7.22. The number of aliphatic imine (C=N–C) groups is 1. The molecule has 3 aromatic rings. The fourth-order valence-corrected chi connectivity index (χ4v) is 5.21. The lowest BCUT2D eigenvalue weighted by Gasteiger charge is -2.30. The molecule has 1 aliphatic rings. The summed E-state index contributed by atoms with van der Waals surface area (Å²) in [4.78, 5) is 6.68. The standard InChI is InChI=1S/C29H29Cl2N3O2.2C2H6/c1-4-34-26-14-13-21(35-3)17-23(26)29(2,18-22-24(30)11-8-12-25(22)31)27(34)15-16-33-19-36-28(32)20-9-6-5-7-10-20;2*1-2/h5-17,32H,4,18-19H2,1-3H3;2*1-2H3/b27-15-,32-28?,33-16-;;. The second-order valence-corrected chi connectivity index (χ2v) is 9.50. The molecule has 0 aromatic heterocycles. The summed E-state index contributed by atoms with van der Waals surface area (Å²) < 4.78 is 11.1. The van der Waals surface area contributed by atoms with Gasteiger partial charge in [-0.3, -0.25) is 10.4 Å². The van der Waals surface area contributed by atoms with Crippen LogP contribution in [0.3, 0.4) is 0 Å². The number of allylic oxidation sites excluding steroid dienone is 2. The van der Waals surface area contributed by atoms with Gasteiger partial charge in [-0.1, -0.05) is 75.2 Å². The first-order chi connectivity index (χ1) is 19.4. The summed E-state index contributed by atoms with van der Waals surface area (Å²) in [6.07, 6.45) is 4.36. The highest BCUT2D eigenvalue weighted by molar-refractivity contribution is 6.36. The maximum absolute atomic E-state index is 8.09. The van der Waals surface area contributed by atoms with Gasteiger partial charge in [-0.25, -0.2) is 0 Å². The molecule has 0 fully saturated rings. The molecule has 0 spiro atoms. The monoisotopic (exact) mass is 581 g/mol. The number of methoxy groups -OCH3 is 1. The summed E-state index contributed by atoms with van der Waals surface area (Å²) in [5, 5.41) is 9.38. The molecular weight excluding hydrogens is 541 g/mol. The van der Waals surface area contributed by atoms with Crippen molar-refractivity contribution in [1.29, 1.82) is 5.41 Å². The van der Waals surface area contributed by atoms with E-state index in [1.165, 1.54) is 0 Å². The zero-order chi connectivity index (χ0) is 29.7. The topological polar surface area (TPSA) is 57.9 Å². The van der Waals surface area contributed by atoms with Gasteiger partial charge in [0.25, 0.3) is 0 Å². The normalized spacial score (nSPS) is 16.5. The van der Waals surface area contributed by atoms with Gasteiger partial charge in [-0.15, -0.1) is 0 Å². The molecule has 0 saturated heterocycles. The molecule has 1 heterocycles. The Hall–Kier alpha value is -3.28. The summed E-state index contributed by atoms with van der Waals surface area (Å²) in [7, 11) is 1.67. The molecule has 0 radical (unpaired) electrons. The number of hydrogen-bond acceptors (Lipinski definition) is 5. The van der Waals surface area contributed by atoms with Crippen molar-refractivity contribution in [3.63, 3.8) is 0 Å². The third-order valence-electron chi connectivity index (χ3n) is 6.51. The Labute approximate surface area is 250 Å². The van der Waals surface area contributed by atoms with Crippen LogP contribution in [0.5, 0.6) is 5.75 Å². The molecular formula is C33H41Cl2N3O2. The molecule has 0 aliphatic carbocycles. The number of likely N-dealkylation sites (N-methyl/N-ethyl adjacent to an activating group) is 1. The van der Waals surface area contributed by atoms with Crippen molar-refractivity contribution in [2.24, 2.45) is 4.99 Å². The second-order valence-electron chi connectivity index (χ2n) is 8.69. The molecule has 4 rings (SSSR count). The second kappa shape index (κ2) is 16.1. The van der Waals surface area contributed by atoms with Crippen LogP contribution in [0, 0.1) is 5.41 Å². The minimum Gasteiger partial charge on any atom is -0.497 e. The average Bonchev–Trinajstić information content (AvgIpc) is 3.23. The maximum atomic E-state index is 8.09. The molecule has 5 nitrogen and oxygen atoms in total. The Morgan fingerprint density at radius 3 is 2.23 bits per heavy atom. The van der Waals surface area contributed by atoms with Gasteiger partial charge < -0.3 is 14.4 Å². The first kappa shape index (κ1) is 32.9. The first-order valence-corrected chi connectivity index (χ1v) is 14.5. The highest BCUT2D eigenvalue weighted by Gasteiger charge is 2.44. The highest BCUT2D eigenvalue weighted by atomic mass is 35.5. The number of hydrogen-bond donors (Lipinski definition) is 1. The quantitative estimate of drug-likeness (QED) is 0.213. The van der Waals surface area contributed by atoms with Crippen LogP contribution in [0.2, 0.25) is 10.0 Å². The molecule has 40 heavy (non-hydrogen) atoms. The lowest BCUT2D eigenvalue weighted by atomic mass is 9.76. The predicted octanol–water partition coefficient (Wildman–Crippen LogP) is 9.35. The predicted molar refractivity (Wildman–Crippen MR) is 172 cm³/mol. The number of benzene rings is 3. The molecule has 3 aromatic carbocycles. The van der Waals surface area contributed by atoms with Crippen LogP contribution in [0.15, 0.2) is 83.5 Å². The highest BCUT2D eigenvalue weighted by Crippen LogP contribution is 2.51. The Balaban J connectivity index is 0.00000134. The van der Waals surface area contributed by atoms with Gasteiger partial charge in [-0.2, -0.15) is 0 Å². The molecule has 1 unspecified atom stereocenters. The summed E-state index contributed by atoms with van der Waals surface area (Å²) >= 11 is 13.2. The molecule has 0 bridgehead atoms. The minimum atomic E-state index is -0.432. The van der Waals surface area contributed by atoms with Crippen molar-refractivity contribution in [3.8, 4) is 5.75 Å². The van der Waals surface area contributed by atoms with Crippen LogP contribution in [0.4, 0.5) is 5.69 Å². The molecule has 214 valence electrons. The fraction of sp³-hybridized carbons (Fsp3) is 0.333. The van der Waals surface area contributed by atoms with Crippen LogP contribution in [-0.2, 0) is 16.6 Å². The summed E-state index contributed by atoms with van der Waals surface area (Å²) in [5.74, 6) is 0.887. The van der Waals surface area contributed by atoms with E-state index in [4.69, 9.17) is 38.1 Å². The Morgan fingerprint density at radius 1 is 0.975 bits per heavy atom. The molecule has 0 amide bonds. The lowest BCUT2D eigenvalue weighted by Crippen LogP contribution is -2.31. The Bertz CT molecular complexity index is 1290. The van der Waals surface area contributed by atoms with E-state index in [9.17, 15) is 0 Å². The number of halogens is 2. The number of anilines is 1. The van der Waals surface area contributed by atoms with Crippen molar-refractivity contribution in [1.82, 2.24) is 0 Å². The molecule has 1 N–H and O–H groups in total. The Kier molecular flexibility index (Phi) is 13.3. The zero-order valence-corrected chi connectivity index (χ0v) is 26.1. The van der Waals surface area contributed by atoms with Gasteiger partial charge in [0.05, 0.1) is 7.11 Å². The van der Waals surface area contributed by atoms with E-state index in [1.807, 2.05) is 88.4 Å². The van der Waals surface area contributed by atoms with Gasteiger partial charge in [0.2, 0.25) is 5.90 Å². The minimum absolute atomic E-state index is 0.0530. The van der Waals surface area contributed by atoms with Gasteiger partial charge in [0, 0.05) is 45.2 Å². The van der Waals surface area contributed by atoms with E-state index in [2.05, 4.69) is 35.9 Å². The average molecular weight is 583 g/mol. The van der Waals surface area contributed by atoms with Crippen LogP contribution in [0.1, 0.15) is 58.2 Å². The fourth-order valence-electron chi connectivity index (χ4n) is 4.68. The van der Waals surface area contributed by atoms with Crippen molar-refractivity contribution in [2.45, 2.75) is 53.4 Å². The van der Waals surface area contributed by atoms with Gasteiger partial charge in [0.15, 0.2) is 6.73 Å². The van der Waals surface area contributed by atoms with E-state index in [0.717, 1.165) is 34.8 Å². The Morgan fingerprint density at radius 2 is 1.62 bits per heavy atom. The molecule has 1 atom stereocenters. The van der Waals surface area contributed by atoms with Crippen molar-refractivity contribution in [2.75, 3.05) is 25.3 Å². The van der Waals surface area contributed by atoms with E-state index in [-0.39, 0.29) is 12.6 Å². The number of ether oxygens (including phenoxy) is 2. The van der Waals surface area contributed by atoms with Gasteiger partial charge >= 0.3 is 0 Å². The van der Waals surface area contributed by atoms with Crippen molar-refractivity contribution >= 4 is 41.0 Å². The lowest BCUT2D eigenvalue weighted by molar-refractivity contribution is 0.317. The molecule has 0 saturated carbocycles.